The van der Waals surface area contributed by atoms with E-state index < -0.39 is 0 Å². The summed E-state index contributed by atoms with van der Waals surface area (Å²) in [5.41, 5.74) is 8.49. The van der Waals surface area contributed by atoms with Gasteiger partial charge in [-0.25, -0.2) is 9.97 Å². The lowest BCUT2D eigenvalue weighted by molar-refractivity contribution is 0.412. The van der Waals surface area contributed by atoms with Crippen LogP contribution in [0.5, 0.6) is 5.75 Å². The van der Waals surface area contributed by atoms with Gasteiger partial charge in [0.15, 0.2) is 5.52 Å². The summed E-state index contributed by atoms with van der Waals surface area (Å²) in [5.74, 6) is 0.859. The van der Waals surface area contributed by atoms with Gasteiger partial charge in [-0.2, -0.15) is 0 Å². The molecule has 6 heteroatoms. The van der Waals surface area contributed by atoms with Crippen LogP contribution in [-0.4, -0.2) is 22.1 Å². The number of nitrogen functional groups attached to an aromatic ring is 1. The number of nitrogens with zero attached hydrogens (tertiary/aromatic N) is 2. The monoisotopic (exact) mass is 282 g/mol. The summed E-state index contributed by atoms with van der Waals surface area (Å²) in [7, 11) is 1.62. The minimum atomic E-state index is -0.349. The van der Waals surface area contributed by atoms with E-state index in [9.17, 15) is 4.79 Å². The van der Waals surface area contributed by atoms with Gasteiger partial charge in [0, 0.05) is 5.56 Å². The van der Waals surface area contributed by atoms with Gasteiger partial charge in [-0.05, 0) is 30.7 Å². The first-order valence-corrected chi connectivity index (χ1v) is 6.40. The molecule has 6 nitrogen and oxygen atoms in total. The van der Waals surface area contributed by atoms with Crippen LogP contribution in [-0.2, 0) is 0 Å². The van der Waals surface area contributed by atoms with E-state index in [1.165, 1.54) is 0 Å². The first-order valence-electron chi connectivity index (χ1n) is 6.40. The Labute approximate surface area is 120 Å². The zero-order chi connectivity index (χ0) is 15.0. The lowest BCUT2D eigenvalue weighted by atomic mass is 10.1. The maximum Gasteiger partial charge on any atom is 0.278 e. The number of pyridine rings is 1. The molecular formula is C15H14N4O2. The van der Waals surface area contributed by atoms with Gasteiger partial charge >= 0.3 is 0 Å². The Kier molecular flexibility index (Phi) is 3.06. The van der Waals surface area contributed by atoms with E-state index in [0.29, 0.717) is 11.2 Å². The van der Waals surface area contributed by atoms with Crippen molar-refractivity contribution in [2.24, 2.45) is 0 Å². The molecule has 3 aromatic rings. The molecule has 3 rings (SSSR count). The van der Waals surface area contributed by atoms with Crippen molar-refractivity contribution in [3.05, 3.63) is 46.2 Å². The Balaban J connectivity index is 2.19. The van der Waals surface area contributed by atoms with Crippen molar-refractivity contribution in [1.29, 1.82) is 0 Å². The lowest BCUT2D eigenvalue weighted by Gasteiger charge is -2.08. The molecule has 21 heavy (non-hydrogen) atoms. The number of aromatic amines is 1. The molecule has 0 saturated carbocycles. The molecule has 106 valence electrons. The fourth-order valence-electron chi connectivity index (χ4n) is 2.18. The number of aromatic nitrogens is 3. The number of anilines is 1. The molecule has 0 fully saturated rings. The summed E-state index contributed by atoms with van der Waals surface area (Å²) in [6.07, 6.45) is 0. The highest BCUT2D eigenvalue weighted by atomic mass is 16.5. The van der Waals surface area contributed by atoms with Gasteiger partial charge in [0.25, 0.3) is 5.56 Å². The van der Waals surface area contributed by atoms with Gasteiger partial charge in [0.2, 0.25) is 5.95 Å². The van der Waals surface area contributed by atoms with Crippen LogP contribution >= 0.6 is 0 Å². The summed E-state index contributed by atoms with van der Waals surface area (Å²) >= 11 is 0. The average Bonchev–Trinajstić information content (AvgIpc) is 2.47. The van der Waals surface area contributed by atoms with Crippen LogP contribution in [0.15, 0.2) is 35.1 Å². The molecule has 0 aliphatic rings. The summed E-state index contributed by atoms with van der Waals surface area (Å²) in [5, 5.41) is 0. The van der Waals surface area contributed by atoms with Crippen molar-refractivity contribution in [3.8, 4) is 17.0 Å². The van der Waals surface area contributed by atoms with Crippen molar-refractivity contribution >= 4 is 17.0 Å². The third-order valence-corrected chi connectivity index (χ3v) is 3.28. The highest BCUT2D eigenvalue weighted by molar-refractivity contribution is 5.78. The number of benzene rings is 1. The molecule has 0 unspecified atom stereocenters. The molecule has 3 N–H and O–H groups in total. The third-order valence-electron chi connectivity index (χ3n) is 3.28. The zero-order valence-corrected chi connectivity index (χ0v) is 11.7. The van der Waals surface area contributed by atoms with E-state index in [0.717, 1.165) is 16.9 Å². The van der Waals surface area contributed by atoms with Crippen molar-refractivity contribution in [2.45, 2.75) is 6.92 Å². The third kappa shape index (κ3) is 2.31. The predicted octanol–water partition coefficient (Wildman–Crippen LogP) is 1.88. The minimum Gasteiger partial charge on any atom is -0.496 e. The summed E-state index contributed by atoms with van der Waals surface area (Å²) in [4.78, 5) is 22.8. The molecule has 0 spiro atoms. The van der Waals surface area contributed by atoms with Gasteiger partial charge < -0.3 is 10.5 Å². The highest BCUT2D eigenvalue weighted by Crippen LogP contribution is 2.26. The molecule has 0 atom stereocenters. The van der Waals surface area contributed by atoms with E-state index in [1.807, 2.05) is 25.1 Å². The van der Waals surface area contributed by atoms with Crippen molar-refractivity contribution in [2.75, 3.05) is 12.8 Å². The van der Waals surface area contributed by atoms with Crippen LogP contribution in [0.25, 0.3) is 22.3 Å². The first kappa shape index (κ1) is 13.1. The normalized spacial score (nSPS) is 10.8. The second kappa shape index (κ2) is 4.90. The molecule has 0 saturated heterocycles. The zero-order valence-electron chi connectivity index (χ0n) is 11.7. The van der Waals surface area contributed by atoms with E-state index in [2.05, 4.69) is 15.0 Å². The molecule has 0 radical (unpaired) electrons. The average molecular weight is 282 g/mol. The standard InChI is InChI=1S/C15H14N4O2/c1-8-3-4-9(7-12(8)21-2)10-5-6-11-13(17-10)14(20)19-15(16)18-11/h3-7H,1-2H3,(H3,16,18,19,20). The Morgan fingerprint density at radius 2 is 2.00 bits per heavy atom. The number of ether oxygens (including phenoxy) is 1. The molecule has 0 bridgehead atoms. The molecule has 0 aliphatic heterocycles. The quantitative estimate of drug-likeness (QED) is 0.748. The first-order chi connectivity index (χ1) is 10.1. The van der Waals surface area contributed by atoms with Gasteiger partial charge in [0.1, 0.15) is 5.75 Å². The largest absolute Gasteiger partial charge is 0.496 e. The Morgan fingerprint density at radius 1 is 1.19 bits per heavy atom. The van der Waals surface area contributed by atoms with Crippen LogP contribution < -0.4 is 16.0 Å². The molecule has 0 aliphatic carbocycles. The van der Waals surface area contributed by atoms with Crippen LogP contribution in [0.1, 0.15) is 5.56 Å². The molecule has 2 aromatic heterocycles. The summed E-state index contributed by atoms with van der Waals surface area (Å²) in [6, 6.07) is 9.31. The number of H-pyrrole nitrogens is 1. The van der Waals surface area contributed by atoms with E-state index in [1.54, 1.807) is 19.2 Å². The van der Waals surface area contributed by atoms with Gasteiger partial charge in [0.05, 0.1) is 18.3 Å². The number of aryl methyl sites for hydroxylation is 1. The number of hydrogen-bond acceptors (Lipinski definition) is 5. The van der Waals surface area contributed by atoms with Crippen LogP contribution in [0.3, 0.4) is 0 Å². The molecular weight excluding hydrogens is 268 g/mol. The van der Waals surface area contributed by atoms with E-state index >= 15 is 0 Å². The Morgan fingerprint density at radius 3 is 2.76 bits per heavy atom. The number of nitrogens with two attached hydrogens (primary N) is 1. The maximum atomic E-state index is 11.9. The summed E-state index contributed by atoms with van der Waals surface area (Å²) < 4.78 is 5.31. The van der Waals surface area contributed by atoms with Crippen LogP contribution in [0.2, 0.25) is 0 Å². The van der Waals surface area contributed by atoms with Gasteiger partial charge in [-0.15, -0.1) is 0 Å². The number of hydrogen-bond donors (Lipinski definition) is 2. The van der Waals surface area contributed by atoms with Gasteiger partial charge in [-0.1, -0.05) is 12.1 Å². The SMILES string of the molecule is COc1cc(-c2ccc3nc(N)[nH]c(=O)c3n2)ccc1C. The van der Waals surface area contributed by atoms with Crippen molar-refractivity contribution in [3.63, 3.8) is 0 Å². The Hall–Kier alpha value is -2.89. The second-order valence-electron chi connectivity index (χ2n) is 4.70. The topological polar surface area (TPSA) is 93.9 Å². The molecule has 1 aromatic carbocycles. The van der Waals surface area contributed by atoms with Gasteiger partial charge in [-0.3, -0.25) is 9.78 Å². The minimum absolute atomic E-state index is 0.0825. The summed E-state index contributed by atoms with van der Waals surface area (Å²) in [6.45, 7) is 1.97. The number of rotatable bonds is 2. The maximum absolute atomic E-state index is 11.9. The Bertz CT molecular complexity index is 886. The van der Waals surface area contributed by atoms with E-state index in [4.69, 9.17) is 10.5 Å². The van der Waals surface area contributed by atoms with Crippen molar-refractivity contribution in [1.82, 2.24) is 15.0 Å². The van der Waals surface area contributed by atoms with Crippen molar-refractivity contribution < 1.29 is 4.74 Å². The fourth-order valence-corrected chi connectivity index (χ4v) is 2.18. The molecule has 0 amide bonds. The predicted molar refractivity (Wildman–Crippen MR) is 81.3 cm³/mol. The number of methoxy groups -OCH3 is 1. The van der Waals surface area contributed by atoms with Crippen LogP contribution in [0.4, 0.5) is 5.95 Å². The van der Waals surface area contributed by atoms with Crippen LogP contribution in [0, 0.1) is 6.92 Å². The second-order valence-corrected chi connectivity index (χ2v) is 4.70. The lowest BCUT2D eigenvalue weighted by Crippen LogP contribution is -2.12. The fraction of sp³-hybridized carbons (Fsp3) is 0.133. The molecule has 2 heterocycles. The highest BCUT2D eigenvalue weighted by Gasteiger charge is 2.08. The van der Waals surface area contributed by atoms with E-state index in [-0.39, 0.29) is 17.0 Å². The number of fused-ring (bicyclic) bond motifs is 1. The number of nitrogens with one attached hydrogen (secondary N) is 1. The smallest absolute Gasteiger partial charge is 0.278 e.